The van der Waals surface area contributed by atoms with Gasteiger partial charge in [0.2, 0.25) is 5.13 Å². The van der Waals surface area contributed by atoms with Gasteiger partial charge in [-0.05, 0) is 43.5 Å². The molecule has 3 rings (SSSR count). The molecule has 1 N–H and O–H groups in total. The number of aromatic nitrogens is 2. The van der Waals surface area contributed by atoms with Crippen molar-refractivity contribution < 1.29 is 9.53 Å². The van der Waals surface area contributed by atoms with Crippen molar-refractivity contribution in [1.82, 2.24) is 10.2 Å². The normalized spacial score (nSPS) is 14.0. The molecule has 1 fully saturated rings. The molecule has 0 spiro atoms. The molecule has 0 aliphatic heterocycles. The van der Waals surface area contributed by atoms with E-state index in [1.54, 1.807) is 18.2 Å². The molecule has 21 heavy (non-hydrogen) atoms. The molecule has 0 saturated heterocycles. The van der Waals surface area contributed by atoms with Gasteiger partial charge in [-0.2, -0.15) is 0 Å². The maximum Gasteiger partial charge on any atom is 0.264 e. The average molecular weight is 324 g/mol. The standard InChI is InChI=1S/C14H14ClN3O2S/c1-8-6-10(4-5-11(8)15)20-7-12(19)16-14-18-17-13(21-14)9-2-3-9/h4-6,9H,2-3,7H2,1H3,(H,16,18,19). The lowest BCUT2D eigenvalue weighted by Gasteiger charge is -2.07. The Balaban J connectivity index is 1.52. The molecule has 0 radical (unpaired) electrons. The van der Waals surface area contributed by atoms with Gasteiger partial charge in [-0.3, -0.25) is 10.1 Å². The third-order valence-corrected chi connectivity index (χ3v) is 4.54. The lowest BCUT2D eigenvalue weighted by atomic mass is 10.2. The van der Waals surface area contributed by atoms with E-state index in [9.17, 15) is 4.79 Å². The first kappa shape index (κ1) is 14.3. The summed E-state index contributed by atoms with van der Waals surface area (Å²) in [5, 5.41) is 12.9. The Morgan fingerprint density at radius 1 is 1.48 bits per heavy atom. The van der Waals surface area contributed by atoms with Crippen molar-refractivity contribution in [2.24, 2.45) is 0 Å². The largest absolute Gasteiger partial charge is 0.484 e. The topological polar surface area (TPSA) is 64.1 Å². The van der Waals surface area contributed by atoms with E-state index < -0.39 is 0 Å². The van der Waals surface area contributed by atoms with Crippen LogP contribution >= 0.6 is 22.9 Å². The molecule has 1 amide bonds. The van der Waals surface area contributed by atoms with Crippen LogP contribution in [0.4, 0.5) is 5.13 Å². The number of nitrogens with one attached hydrogen (secondary N) is 1. The summed E-state index contributed by atoms with van der Waals surface area (Å²) in [6.07, 6.45) is 2.34. The number of carbonyl (C=O) groups is 1. The van der Waals surface area contributed by atoms with Gasteiger partial charge in [0.25, 0.3) is 5.91 Å². The zero-order valence-electron chi connectivity index (χ0n) is 11.4. The summed E-state index contributed by atoms with van der Waals surface area (Å²) in [4.78, 5) is 11.8. The van der Waals surface area contributed by atoms with Crippen molar-refractivity contribution in [3.63, 3.8) is 0 Å². The molecule has 1 aliphatic rings. The number of anilines is 1. The number of ether oxygens (including phenoxy) is 1. The van der Waals surface area contributed by atoms with Crippen LogP contribution < -0.4 is 10.1 Å². The van der Waals surface area contributed by atoms with Gasteiger partial charge in [-0.1, -0.05) is 22.9 Å². The highest BCUT2D eigenvalue weighted by atomic mass is 35.5. The molecule has 0 atom stereocenters. The van der Waals surface area contributed by atoms with E-state index in [4.69, 9.17) is 16.3 Å². The second-order valence-electron chi connectivity index (χ2n) is 4.97. The number of rotatable bonds is 5. The molecule has 0 bridgehead atoms. The minimum atomic E-state index is -0.249. The van der Waals surface area contributed by atoms with Crippen molar-refractivity contribution in [2.75, 3.05) is 11.9 Å². The van der Waals surface area contributed by atoms with Gasteiger partial charge in [0.1, 0.15) is 10.8 Å². The second kappa shape index (κ2) is 5.99. The van der Waals surface area contributed by atoms with Gasteiger partial charge in [0.15, 0.2) is 6.61 Å². The van der Waals surface area contributed by atoms with Gasteiger partial charge in [-0.15, -0.1) is 10.2 Å². The first-order valence-corrected chi connectivity index (χ1v) is 7.83. The van der Waals surface area contributed by atoms with Crippen molar-refractivity contribution in [3.8, 4) is 5.75 Å². The molecule has 110 valence electrons. The van der Waals surface area contributed by atoms with Crippen LogP contribution in [-0.2, 0) is 4.79 Å². The molecule has 2 aromatic rings. The monoisotopic (exact) mass is 323 g/mol. The number of hydrogen-bond donors (Lipinski definition) is 1. The first-order chi connectivity index (χ1) is 10.1. The summed E-state index contributed by atoms with van der Waals surface area (Å²) in [6, 6.07) is 5.28. The molecular formula is C14H14ClN3O2S. The van der Waals surface area contributed by atoms with E-state index in [0.717, 1.165) is 10.6 Å². The van der Waals surface area contributed by atoms with Crippen LogP contribution in [0, 0.1) is 6.92 Å². The quantitative estimate of drug-likeness (QED) is 0.916. The van der Waals surface area contributed by atoms with E-state index >= 15 is 0 Å². The Kier molecular flexibility index (Phi) is 4.07. The van der Waals surface area contributed by atoms with Gasteiger partial charge in [-0.25, -0.2) is 0 Å². The van der Waals surface area contributed by atoms with E-state index in [0.29, 0.717) is 21.8 Å². The summed E-state index contributed by atoms with van der Waals surface area (Å²) in [7, 11) is 0. The van der Waals surface area contributed by atoms with Crippen LogP contribution in [0.15, 0.2) is 18.2 Å². The van der Waals surface area contributed by atoms with Gasteiger partial charge < -0.3 is 4.74 Å². The number of hydrogen-bond acceptors (Lipinski definition) is 5. The Morgan fingerprint density at radius 3 is 3.00 bits per heavy atom. The van der Waals surface area contributed by atoms with Gasteiger partial charge in [0, 0.05) is 10.9 Å². The summed E-state index contributed by atoms with van der Waals surface area (Å²) in [6.45, 7) is 1.81. The zero-order valence-corrected chi connectivity index (χ0v) is 13.0. The maximum absolute atomic E-state index is 11.8. The van der Waals surface area contributed by atoms with E-state index in [2.05, 4.69) is 15.5 Å². The van der Waals surface area contributed by atoms with E-state index in [1.165, 1.54) is 24.2 Å². The Hall–Kier alpha value is -1.66. The Bertz CT molecular complexity index is 670. The SMILES string of the molecule is Cc1cc(OCC(=O)Nc2nnc(C3CC3)s2)ccc1Cl. The van der Waals surface area contributed by atoms with Crippen molar-refractivity contribution in [2.45, 2.75) is 25.7 Å². The van der Waals surface area contributed by atoms with Crippen LogP contribution in [-0.4, -0.2) is 22.7 Å². The van der Waals surface area contributed by atoms with E-state index in [-0.39, 0.29) is 12.5 Å². The summed E-state index contributed by atoms with van der Waals surface area (Å²) < 4.78 is 5.43. The molecule has 1 aromatic carbocycles. The van der Waals surface area contributed by atoms with Crippen LogP contribution in [0.2, 0.25) is 5.02 Å². The molecule has 1 heterocycles. The van der Waals surface area contributed by atoms with Gasteiger partial charge in [0.05, 0.1) is 0 Å². The Labute approximate surface area is 131 Å². The molecule has 7 heteroatoms. The predicted molar refractivity (Wildman–Crippen MR) is 82.2 cm³/mol. The highest BCUT2D eigenvalue weighted by Gasteiger charge is 2.27. The number of halogens is 1. The first-order valence-electron chi connectivity index (χ1n) is 6.64. The minimum absolute atomic E-state index is 0.0700. The van der Waals surface area contributed by atoms with E-state index in [1.807, 2.05) is 6.92 Å². The molecular weight excluding hydrogens is 310 g/mol. The fourth-order valence-electron chi connectivity index (χ4n) is 1.79. The van der Waals surface area contributed by atoms with Crippen LogP contribution in [0.3, 0.4) is 0 Å². The molecule has 1 saturated carbocycles. The average Bonchev–Trinajstić information content (AvgIpc) is 3.21. The molecule has 0 unspecified atom stereocenters. The van der Waals surface area contributed by atoms with Crippen LogP contribution in [0.1, 0.15) is 29.3 Å². The van der Waals surface area contributed by atoms with Crippen molar-refractivity contribution in [3.05, 3.63) is 33.8 Å². The number of amides is 1. The smallest absolute Gasteiger partial charge is 0.264 e. The van der Waals surface area contributed by atoms with Crippen molar-refractivity contribution in [1.29, 1.82) is 0 Å². The fraction of sp³-hybridized carbons (Fsp3) is 0.357. The number of aryl methyl sites for hydroxylation is 1. The third-order valence-electron chi connectivity index (χ3n) is 3.11. The summed E-state index contributed by atoms with van der Waals surface area (Å²) in [5.41, 5.74) is 0.910. The predicted octanol–water partition coefficient (Wildman–Crippen LogP) is 3.39. The number of benzene rings is 1. The van der Waals surface area contributed by atoms with Crippen LogP contribution in [0.5, 0.6) is 5.75 Å². The fourth-order valence-corrected chi connectivity index (χ4v) is 2.84. The highest BCUT2D eigenvalue weighted by Crippen LogP contribution is 2.42. The maximum atomic E-state index is 11.8. The lowest BCUT2D eigenvalue weighted by molar-refractivity contribution is -0.118. The van der Waals surface area contributed by atoms with Crippen LogP contribution in [0.25, 0.3) is 0 Å². The zero-order chi connectivity index (χ0) is 14.8. The molecule has 5 nitrogen and oxygen atoms in total. The highest BCUT2D eigenvalue weighted by molar-refractivity contribution is 7.15. The second-order valence-corrected chi connectivity index (χ2v) is 6.38. The number of nitrogens with zero attached hydrogens (tertiary/aromatic N) is 2. The minimum Gasteiger partial charge on any atom is -0.484 e. The van der Waals surface area contributed by atoms with Crippen molar-refractivity contribution >= 4 is 34.0 Å². The molecule has 1 aromatic heterocycles. The number of carbonyl (C=O) groups excluding carboxylic acids is 1. The van der Waals surface area contributed by atoms with Gasteiger partial charge >= 0.3 is 0 Å². The molecule has 1 aliphatic carbocycles. The summed E-state index contributed by atoms with van der Waals surface area (Å²) >= 11 is 7.37. The summed E-state index contributed by atoms with van der Waals surface area (Å²) in [5.74, 6) is 0.908. The Morgan fingerprint density at radius 2 is 2.29 bits per heavy atom. The third kappa shape index (κ3) is 3.71. The lowest BCUT2D eigenvalue weighted by Crippen LogP contribution is -2.20.